The third-order valence-corrected chi connectivity index (χ3v) is 4.20. The Labute approximate surface area is 119 Å². The fraction of sp³-hybridized carbons (Fsp3) is 0.571. The lowest BCUT2D eigenvalue weighted by atomic mass is 10.1. The number of likely N-dealkylation sites (N-methyl/N-ethyl adjacent to an activating group) is 1. The van der Waals surface area contributed by atoms with Crippen LogP contribution in [0.15, 0.2) is 18.2 Å². The molecule has 18 heavy (non-hydrogen) atoms. The molecule has 0 radical (unpaired) electrons. The van der Waals surface area contributed by atoms with E-state index in [4.69, 9.17) is 23.2 Å². The molecule has 2 nitrogen and oxygen atoms in total. The van der Waals surface area contributed by atoms with E-state index in [1.165, 1.54) is 12.1 Å². The standard InChI is InChI=1S/C14H20Cl2N2/c1-11-10-17(2)6-3-7-18(11)13-5-4-12(9-15)14(16)8-13/h4-5,8,11H,3,6-7,9-10H2,1-2H3. The van der Waals surface area contributed by atoms with Crippen molar-refractivity contribution in [3.05, 3.63) is 28.8 Å². The molecular formula is C14H20Cl2N2. The summed E-state index contributed by atoms with van der Waals surface area (Å²) in [6.07, 6.45) is 1.19. The first-order valence-electron chi connectivity index (χ1n) is 6.41. The zero-order chi connectivity index (χ0) is 13.1. The van der Waals surface area contributed by atoms with Crippen molar-refractivity contribution in [2.45, 2.75) is 25.3 Å². The Morgan fingerprint density at radius 1 is 1.33 bits per heavy atom. The average Bonchev–Trinajstić information content (AvgIpc) is 2.50. The molecule has 1 aromatic rings. The number of nitrogens with zero attached hydrogens (tertiary/aromatic N) is 2. The summed E-state index contributed by atoms with van der Waals surface area (Å²) < 4.78 is 0. The second-order valence-corrected chi connectivity index (χ2v) is 5.74. The van der Waals surface area contributed by atoms with Gasteiger partial charge in [-0.25, -0.2) is 0 Å². The maximum absolute atomic E-state index is 6.24. The van der Waals surface area contributed by atoms with Gasteiger partial charge in [0.1, 0.15) is 0 Å². The third-order valence-electron chi connectivity index (χ3n) is 3.56. The van der Waals surface area contributed by atoms with E-state index in [0.717, 1.165) is 30.2 Å². The zero-order valence-electron chi connectivity index (χ0n) is 11.0. The predicted octanol–water partition coefficient (Wildman–Crippen LogP) is 3.61. The first-order chi connectivity index (χ1) is 8.61. The molecule has 1 heterocycles. The van der Waals surface area contributed by atoms with Gasteiger partial charge in [-0.3, -0.25) is 0 Å². The van der Waals surface area contributed by atoms with E-state index < -0.39 is 0 Å². The van der Waals surface area contributed by atoms with E-state index in [1.54, 1.807) is 0 Å². The molecule has 2 rings (SSSR count). The molecule has 0 aromatic heterocycles. The van der Waals surface area contributed by atoms with Gasteiger partial charge in [0.05, 0.1) is 0 Å². The first-order valence-corrected chi connectivity index (χ1v) is 7.32. The summed E-state index contributed by atoms with van der Waals surface area (Å²) in [4.78, 5) is 4.83. The third kappa shape index (κ3) is 3.11. The van der Waals surface area contributed by atoms with E-state index in [9.17, 15) is 0 Å². The second-order valence-electron chi connectivity index (χ2n) is 5.07. The fourth-order valence-electron chi connectivity index (χ4n) is 2.58. The monoisotopic (exact) mass is 286 g/mol. The summed E-state index contributed by atoms with van der Waals surface area (Å²) in [5, 5.41) is 0.771. The molecule has 0 N–H and O–H groups in total. The SMILES string of the molecule is CC1CN(C)CCCN1c1ccc(CCl)c(Cl)c1. The van der Waals surface area contributed by atoms with E-state index in [1.807, 2.05) is 12.1 Å². The molecule has 1 aliphatic heterocycles. The molecule has 100 valence electrons. The van der Waals surface area contributed by atoms with Crippen molar-refractivity contribution in [1.29, 1.82) is 0 Å². The van der Waals surface area contributed by atoms with E-state index in [-0.39, 0.29) is 0 Å². The lowest BCUT2D eigenvalue weighted by Crippen LogP contribution is -2.37. The van der Waals surface area contributed by atoms with Crippen LogP contribution in [0.4, 0.5) is 5.69 Å². The van der Waals surface area contributed by atoms with Crippen molar-refractivity contribution in [2.24, 2.45) is 0 Å². The van der Waals surface area contributed by atoms with Crippen molar-refractivity contribution >= 4 is 28.9 Å². The fourth-order valence-corrected chi connectivity index (χ4v) is 3.12. The summed E-state index contributed by atoms with van der Waals surface area (Å²) >= 11 is 12.1. The van der Waals surface area contributed by atoms with Crippen LogP contribution in [0.5, 0.6) is 0 Å². The van der Waals surface area contributed by atoms with Gasteiger partial charge in [0.15, 0.2) is 0 Å². The lowest BCUT2D eigenvalue weighted by Gasteiger charge is -2.30. The highest BCUT2D eigenvalue weighted by Crippen LogP contribution is 2.27. The van der Waals surface area contributed by atoms with Gasteiger partial charge >= 0.3 is 0 Å². The first kappa shape index (κ1) is 14.0. The van der Waals surface area contributed by atoms with Crippen molar-refractivity contribution in [3.8, 4) is 0 Å². The summed E-state index contributed by atoms with van der Waals surface area (Å²) in [6, 6.07) is 6.72. The van der Waals surface area contributed by atoms with Gasteiger partial charge in [0.2, 0.25) is 0 Å². The van der Waals surface area contributed by atoms with Crippen LogP contribution in [-0.4, -0.2) is 37.6 Å². The smallest absolute Gasteiger partial charge is 0.0488 e. The normalized spacial score (nSPS) is 22.0. The molecule has 0 spiro atoms. The molecule has 1 aliphatic rings. The van der Waals surface area contributed by atoms with Gasteiger partial charge < -0.3 is 9.80 Å². The van der Waals surface area contributed by atoms with Crippen molar-refractivity contribution < 1.29 is 0 Å². The minimum Gasteiger partial charge on any atom is -0.367 e. The largest absolute Gasteiger partial charge is 0.367 e. The van der Waals surface area contributed by atoms with Crippen LogP contribution in [-0.2, 0) is 5.88 Å². The highest BCUT2D eigenvalue weighted by atomic mass is 35.5. The molecule has 0 bridgehead atoms. The number of alkyl halides is 1. The molecule has 4 heteroatoms. The molecule has 0 aliphatic carbocycles. The molecule has 1 atom stereocenters. The molecular weight excluding hydrogens is 267 g/mol. The van der Waals surface area contributed by atoms with Crippen LogP contribution in [0.1, 0.15) is 18.9 Å². The van der Waals surface area contributed by atoms with Gasteiger partial charge in [-0.15, -0.1) is 11.6 Å². The molecule has 1 aromatic carbocycles. The van der Waals surface area contributed by atoms with Gasteiger partial charge in [0.25, 0.3) is 0 Å². The van der Waals surface area contributed by atoms with Gasteiger partial charge in [-0.2, -0.15) is 0 Å². The minimum absolute atomic E-state index is 0.470. The Morgan fingerprint density at radius 3 is 2.78 bits per heavy atom. The maximum Gasteiger partial charge on any atom is 0.0488 e. The number of anilines is 1. The summed E-state index contributed by atoms with van der Waals surface area (Å²) in [6.45, 7) is 5.61. The molecule has 1 saturated heterocycles. The highest BCUT2D eigenvalue weighted by molar-refractivity contribution is 6.32. The van der Waals surface area contributed by atoms with Crippen molar-refractivity contribution in [1.82, 2.24) is 4.90 Å². The van der Waals surface area contributed by atoms with Crippen LogP contribution < -0.4 is 4.90 Å². The quantitative estimate of drug-likeness (QED) is 0.767. The number of hydrogen-bond acceptors (Lipinski definition) is 2. The number of hydrogen-bond donors (Lipinski definition) is 0. The average molecular weight is 287 g/mol. The van der Waals surface area contributed by atoms with Crippen LogP contribution >= 0.6 is 23.2 Å². The van der Waals surface area contributed by atoms with Gasteiger partial charge in [0, 0.05) is 35.7 Å². The molecule has 1 fully saturated rings. The van der Waals surface area contributed by atoms with Crippen LogP contribution in [0, 0.1) is 0 Å². The lowest BCUT2D eigenvalue weighted by molar-refractivity contribution is 0.337. The van der Waals surface area contributed by atoms with Crippen LogP contribution in [0.25, 0.3) is 0 Å². The molecule has 0 amide bonds. The van der Waals surface area contributed by atoms with Crippen molar-refractivity contribution in [2.75, 3.05) is 31.6 Å². The van der Waals surface area contributed by atoms with E-state index in [0.29, 0.717) is 11.9 Å². The zero-order valence-corrected chi connectivity index (χ0v) is 12.5. The Morgan fingerprint density at radius 2 is 2.11 bits per heavy atom. The Kier molecular flexibility index (Phi) is 4.77. The number of halogens is 2. The molecule has 0 saturated carbocycles. The van der Waals surface area contributed by atoms with E-state index >= 15 is 0 Å². The van der Waals surface area contributed by atoms with Gasteiger partial charge in [-0.05, 0) is 44.6 Å². The van der Waals surface area contributed by atoms with E-state index in [2.05, 4.69) is 29.8 Å². The van der Waals surface area contributed by atoms with Crippen LogP contribution in [0.2, 0.25) is 5.02 Å². The summed E-state index contributed by atoms with van der Waals surface area (Å²) in [5.41, 5.74) is 2.21. The topological polar surface area (TPSA) is 6.48 Å². The minimum atomic E-state index is 0.470. The Balaban J connectivity index is 2.21. The summed E-state index contributed by atoms with van der Waals surface area (Å²) in [5.74, 6) is 0.470. The number of benzene rings is 1. The van der Waals surface area contributed by atoms with Crippen LogP contribution in [0.3, 0.4) is 0 Å². The Hall–Kier alpha value is -0.440. The number of rotatable bonds is 2. The summed E-state index contributed by atoms with van der Waals surface area (Å²) in [7, 11) is 2.18. The maximum atomic E-state index is 6.24. The highest BCUT2D eigenvalue weighted by Gasteiger charge is 2.20. The second kappa shape index (κ2) is 6.14. The van der Waals surface area contributed by atoms with Crippen molar-refractivity contribution in [3.63, 3.8) is 0 Å². The Bertz CT molecular complexity index is 409. The van der Waals surface area contributed by atoms with Gasteiger partial charge in [-0.1, -0.05) is 17.7 Å². The molecule has 1 unspecified atom stereocenters. The predicted molar refractivity (Wildman–Crippen MR) is 79.9 cm³/mol.